The van der Waals surface area contributed by atoms with Gasteiger partial charge in [0.25, 0.3) is 0 Å². The van der Waals surface area contributed by atoms with Crippen LogP contribution in [0.5, 0.6) is 0 Å². The molecule has 1 aliphatic heterocycles. The van der Waals surface area contributed by atoms with E-state index in [-0.39, 0.29) is 5.97 Å². The molecule has 0 amide bonds. The van der Waals surface area contributed by atoms with E-state index in [1.54, 1.807) is 11.8 Å². The van der Waals surface area contributed by atoms with Crippen LogP contribution in [0.25, 0.3) is 0 Å². The van der Waals surface area contributed by atoms with Crippen molar-refractivity contribution < 1.29 is 9.53 Å². The maximum Gasteiger partial charge on any atom is 0.320 e. The molecule has 2 atom stereocenters. The second-order valence-corrected chi connectivity index (χ2v) is 6.29. The molecule has 1 aromatic carbocycles. The number of thiol groups is 1. The third-order valence-electron chi connectivity index (χ3n) is 3.41. The Balaban J connectivity index is 2.31. The molecule has 3 nitrogen and oxygen atoms in total. The van der Waals surface area contributed by atoms with Crippen molar-refractivity contribution >= 4 is 36.1 Å². The molecule has 0 radical (unpaired) electrons. The molecule has 0 fully saturated rings. The average molecular weight is 295 g/mol. The number of carbonyl (C=O) groups excluding carboxylic acids is 1. The predicted molar refractivity (Wildman–Crippen MR) is 83.2 cm³/mol. The van der Waals surface area contributed by atoms with E-state index in [0.717, 1.165) is 12.1 Å². The molecule has 0 spiro atoms. The summed E-state index contributed by atoms with van der Waals surface area (Å²) < 4.78 is 4.45. The summed E-state index contributed by atoms with van der Waals surface area (Å²) in [7, 11) is 1.40. The van der Waals surface area contributed by atoms with Gasteiger partial charge in [-0.05, 0) is 18.9 Å². The summed E-state index contributed by atoms with van der Waals surface area (Å²) in [4.78, 5) is 16.3. The van der Waals surface area contributed by atoms with Crippen molar-refractivity contribution in [3.63, 3.8) is 0 Å². The van der Waals surface area contributed by atoms with Gasteiger partial charge in [-0.1, -0.05) is 30.3 Å². The summed E-state index contributed by atoms with van der Waals surface area (Å²) in [6.07, 6.45) is 0.733. The zero-order valence-electron chi connectivity index (χ0n) is 11.0. The molecule has 5 heteroatoms. The minimum absolute atomic E-state index is 0.303. The van der Waals surface area contributed by atoms with E-state index in [0.29, 0.717) is 5.88 Å². The fourth-order valence-corrected chi connectivity index (χ4v) is 4.13. The lowest BCUT2D eigenvalue weighted by molar-refractivity contribution is -0.140. The van der Waals surface area contributed by atoms with Gasteiger partial charge in [0.05, 0.1) is 17.7 Å². The Morgan fingerprint density at radius 1 is 1.53 bits per heavy atom. The van der Waals surface area contributed by atoms with E-state index in [1.807, 2.05) is 25.1 Å². The number of hydrogen-bond acceptors (Lipinski definition) is 5. The van der Waals surface area contributed by atoms with Gasteiger partial charge in [-0.2, -0.15) is 12.6 Å². The molecule has 0 saturated carbocycles. The van der Waals surface area contributed by atoms with E-state index in [9.17, 15) is 4.79 Å². The van der Waals surface area contributed by atoms with Crippen LogP contribution in [-0.4, -0.2) is 34.7 Å². The summed E-state index contributed by atoms with van der Waals surface area (Å²) in [5.41, 5.74) is 2.14. The van der Waals surface area contributed by atoms with Crippen LogP contribution < -0.4 is 0 Å². The SMILES string of the molecule is COC(=O)C(S)C1(Cc2ccccc2)SCN=C1C. The van der Waals surface area contributed by atoms with Crippen molar-refractivity contribution in [3.8, 4) is 0 Å². The summed E-state index contributed by atoms with van der Waals surface area (Å²) in [6, 6.07) is 10.1. The van der Waals surface area contributed by atoms with Crippen LogP contribution in [0, 0.1) is 0 Å². The first-order chi connectivity index (χ1) is 9.10. The van der Waals surface area contributed by atoms with Gasteiger partial charge in [-0.3, -0.25) is 9.79 Å². The number of ether oxygens (including phenoxy) is 1. The van der Waals surface area contributed by atoms with Crippen molar-refractivity contribution in [1.82, 2.24) is 0 Å². The average Bonchev–Trinajstić information content (AvgIpc) is 2.80. The van der Waals surface area contributed by atoms with E-state index < -0.39 is 10.00 Å². The highest BCUT2D eigenvalue weighted by Crippen LogP contribution is 2.41. The van der Waals surface area contributed by atoms with Crippen molar-refractivity contribution in [1.29, 1.82) is 0 Å². The van der Waals surface area contributed by atoms with Crippen LogP contribution >= 0.6 is 24.4 Å². The van der Waals surface area contributed by atoms with E-state index in [4.69, 9.17) is 4.74 Å². The maximum atomic E-state index is 11.9. The van der Waals surface area contributed by atoms with Crippen LogP contribution in [0.15, 0.2) is 35.3 Å². The smallest absolute Gasteiger partial charge is 0.320 e. The Morgan fingerprint density at radius 2 is 2.21 bits per heavy atom. The number of rotatable bonds is 4. The van der Waals surface area contributed by atoms with Gasteiger partial charge in [0, 0.05) is 5.71 Å². The van der Waals surface area contributed by atoms with Gasteiger partial charge in [0.2, 0.25) is 0 Å². The molecule has 0 N–H and O–H groups in total. The van der Waals surface area contributed by atoms with Crippen molar-refractivity contribution in [2.75, 3.05) is 13.0 Å². The monoisotopic (exact) mass is 295 g/mol. The van der Waals surface area contributed by atoms with Crippen molar-refractivity contribution in [3.05, 3.63) is 35.9 Å². The van der Waals surface area contributed by atoms with Crippen molar-refractivity contribution in [2.45, 2.75) is 23.3 Å². The van der Waals surface area contributed by atoms with Gasteiger partial charge >= 0.3 is 5.97 Å². The summed E-state index contributed by atoms with van der Waals surface area (Å²) in [5.74, 6) is 0.371. The molecule has 1 heterocycles. The lowest BCUT2D eigenvalue weighted by Gasteiger charge is -2.32. The second-order valence-electron chi connectivity index (χ2n) is 4.49. The number of esters is 1. The van der Waals surface area contributed by atoms with E-state index in [2.05, 4.69) is 29.8 Å². The Morgan fingerprint density at radius 3 is 2.74 bits per heavy atom. The molecule has 19 heavy (non-hydrogen) atoms. The Labute approximate surface area is 123 Å². The number of benzene rings is 1. The molecule has 1 aliphatic rings. The lowest BCUT2D eigenvalue weighted by Crippen LogP contribution is -2.47. The third-order valence-corrected chi connectivity index (χ3v) is 5.69. The Bertz CT molecular complexity index is 489. The molecule has 102 valence electrons. The number of hydrogen-bond donors (Lipinski definition) is 1. The lowest BCUT2D eigenvalue weighted by atomic mass is 9.90. The third kappa shape index (κ3) is 2.82. The molecule has 0 aromatic heterocycles. The minimum Gasteiger partial charge on any atom is -0.468 e. The van der Waals surface area contributed by atoms with Crippen LogP contribution in [-0.2, 0) is 16.0 Å². The molecule has 0 bridgehead atoms. The predicted octanol–water partition coefficient (Wildman–Crippen LogP) is 2.60. The molecular weight excluding hydrogens is 278 g/mol. The highest BCUT2D eigenvalue weighted by molar-refractivity contribution is 8.02. The van der Waals surface area contributed by atoms with Crippen LogP contribution in [0.1, 0.15) is 12.5 Å². The summed E-state index contributed by atoms with van der Waals surface area (Å²) in [5, 5.41) is -0.506. The molecule has 1 aromatic rings. The summed E-state index contributed by atoms with van der Waals surface area (Å²) in [6.45, 7) is 1.97. The van der Waals surface area contributed by atoms with E-state index >= 15 is 0 Å². The Hall–Kier alpha value is -0.940. The standard InChI is InChI=1S/C14H17NO2S2/c1-10-14(19-9-15-10,12(18)13(16)17-2)8-11-6-4-3-5-7-11/h3-7,12,18H,8-9H2,1-2H3. The van der Waals surface area contributed by atoms with Crippen molar-refractivity contribution in [2.24, 2.45) is 4.99 Å². The first-order valence-electron chi connectivity index (χ1n) is 6.05. The number of methoxy groups -OCH3 is 1. The summed E-state index contributed by atoms with van der Waals surface area (Å²) >= 11 is 6.16. The molecule has 0 aliphatic carbocycles. The second kappa shape index (κ2) is 6.01. The first-order valence-corrected chi connectivity index (χ1v) is 7.55. The zero-order valence-corrected chi connectivity index (χ0v) is 12.7. The van der Waals surface area contributed by atoms with Gasteiger partial charge in [0.15, 0.2) is 0 Å². The number of nitrogens with zero attached hydrogens (tertiary/aromatic N) is 1. The van der Waals surface area contributed by atoms with Gasteiger partial charge in [0.1, 0.15) is 5.25 Å². The fourth-order valence-electron chi connectivity index (χ4n) is 2.24. The highest BCUT2D eigenvalue weighted by atomic mass is 32.2. The zero-order chi connectivity index (χ0) is 13.9. The quantitative estimate of drug-likeness (QED) is 0.685. The maximum absolute atomic E-state index is 11.9. The van der Waals surface area contributed by atoms with Crippen LogP contribution in [0.2, 0.25) is 0 Å². The molecular formula is C14H17NO2S2. The van der Waals surface area contributed by atoms with Gasteiger partial charge < -0.3 is 4.74 Å². The normalized spacial score (nSPS) is 23.8. The van der Waals surface area contributed by atoms with E-state index in [1.165, 1.54) is 12.7 Å². The number of carbonyl (C=O) groups is 1. The minimum atomic E-state index is -0.506. The van der Waals surface area contributed by atoms with Crippen LogP contribution in [0.4, 0.5) is 0 Å². The van der Waals surface area contributed by atoms with Gasteiger partial charge in [-0.25, -0.2) is 0 Å². The van der Waals surface area contributed by atoms with Crippen LogP contribution in [0.3, 0.4) is 0 Å². The topological polar surface area (TPSA) is 38.7 Å². The largest absolute Gasteiger partial charge is 0.468 e. The van der Waals surface area contributed by atoms with Gasteiger partial charge in [-0.15, -0.1) is 11.8 Å². The first kappa shape index (κ1) is 14.5. The number of thioether (sulfide) groups is 1. The fraction of sp³-hybridized carbons (Fsp3) is 0.429. The molecule has 2 unspecified atom stereocenters. The molecule has 2 rings (SSSR count). The Kier molecular flexibility index (Phi) is 4.58. The molecule has 0 saturated heterocycles. The highest BCUT2D eigenvalue weighted by Gasteiger charge is 2.47. The number of aliphatic imine (C=N–C) groups is 1.